The third-order valence-corrected chi connectivity index (χ3v) is 3.46. The zero-order valence-corrected chi connectivity index (χ0v) is 13.3. The van der Waals surface area contributed by atoms with E-state index in [0.717, 1.165) is 11.1 Å². The normalized spacial score (nSPS) is 10.4. The summed E-state index contributed by atoms with van der Waals surface area (Å²) >= 11 is 0. The van der Waals surface area contributed by atoms with Crippen LogP contribution in [0.1, 0.15) is 11.3 Å². The van der Waals surface area contributed by atoms with E-state index in [9.17, 15) is 4.79 Å². The van der Waals surface area contributed by atoms with Crippen molar-refractivity contribution in [2.75, 3.05) is 7.11 Å². The summed E-state index contributed by atoms with van der Waals surface area (Å²) in [6.45, 7) is 0.312. The summed E-state index contributed by atoms with van der Waals surface area (Å²) in [5.74, 6) is 1.01. The molecule has 5 heteroatoms. The van der Waals surface area contributed by atoms with Crippen molar-refractivity contribution in [2.45, 2.75) is 13.0 Å². The number of esters is 1. The molecule has 0 aliphatic rings. The molecule has 5 nitrogen and oxygen atoms in total. The standard InChI is InChI=1S/C19H17NO4/c1-22-18(21)11-14-7-9-17(10-8-14)23-12-16-13-24-19(20-16)15-5-3-2-4-6-15/h2-10,13H,11-12H2,1H3. The molecule has 0 unspecified atom stereocenters. The number of hydrogen-bond donors (Lipinski definition) is 0. The molecule has 0 spiro atoms. The van der Waals surface area contributed by atoms with Crippen molar-refractivity contribution in [3.8, 4) is 17.2 Å². The van der Waals surface area contributed by atoms with Crippen LogP contribution in [0.5, 0.6) is 5.75 Å². The second-order valence-electron chi connectivity index (χ2n) is 5.20. The lowest BCUT2D eigenvalue weighted by Crippen LogP contribution is -2.04. The third kappa shape index (κ3) is 4.01. The van der Waals surface area contributed by atoms with E-state index >= 15 is 0 Å². The summed E-state index contributed by atoms with van der Waals surface area (Å²) in [6.07, 6.45) is 1.84. The fourth-order valence-corrected chi connectivity index (χ4v) is 2.19. The molecular formula is C19H17NO4. The van der Waals surface area contributed by atoms with Crippen LogP contribution in [-0.4, -0.2) is 18.1 Å². The smallest absolute Gasteiger partial charge is 0.309 e. The highest BCUT2D eigenvalue weighted by Crippen LogP contribution is 2.19. The van der Waals surface area contributed by atoms with Gasteiger partial charge in [0.25, 0.3) is 0 Å². The predicted octanol–water partition coefficient (Wildman–Crippen LogP) is 3.64. The van der Waals surface area contributed by atoms with E-state index in [4.69, 9.17) is 9.15 Å². The molecule has 0 fully saturated rings. The zero-order valence-electron chi connectivity index (χ0n) is 13.3. The molecule has 0 aliphatic heterocycles. The number of aromatic nitrogens is 1. The van der Waals surface area contributed by atoms with Crippen molar-refractivity contribution in [3.05, 3.63) is 72.1 Å². The van der Waals surface area contributed by atoms with Gasteiger partial charge in [-0.05, 0) is 29.8 Å². The minimum atomic E-state index is -0.264. The second-order valence-corrected chi connectivity index (χ2v) is 5.20. The Hall–Kier alpha value is -3.08. The molecule has 2 aromatic carbocycles. The van der Waals surface area contributed by atoms with Crippen LogP contribution in [-0.2, 0) is 22.6 Å². The molecule has 0 amide bonds. The monoisotopic (exact) mass is 323 g/mol. The van der Waals surface area contributed by atoms with Gasteiger partial charge in [0.15, 0.2) is 0 Å². The summed E-state index contributed by atoms with van der Waals surface area (Å²) in [4.78, 5) is 15.6. The van der Waals surface area contributed by atoms with Crippen LogP contribution >= 0.6 is 0 Å². The molecular weight excluding hydrogens is 306 g/mol. The molecule has 0 saturated heterocycles. The first kappa shape index (κ1) is 15.8. The number of rotatable bonds is 6. The molecule has 0 atom stereocenters. The maximum absolute atomic E-state index is 11.2. The van der Waals surface area contributed by atoms with Gasteiger partial charge < -0.3 is 13.9 Å². The van der Waals surface area contributed by atoms with Crippen LogP contribution < -0.4 is 4.74 Å². The van der Waals surface area contributed by atoms with Crippen molar-refractivity contribution < 1.29 is 18.7 Å². The van der Waals surface area contributed by atoms with Crippen LogP contribution in [0, 0.1) is 0 Å². The lowest BCUT2D eigenvalue weighted by Gasteiger charge is -2.05. The lowest BCUT2D eigenvalue weighted by atomic mass is 10.1. The molecule has 0 saturated carbocycles. The van der Waals surface area contributed by atoms with Gasteiger partial charge >= 0.3 is 5.97 Å². The van der Waals surface area contributed by atoms with Gasteiger partial charge in [0.1, 0.15) is 24.3 Å². The summed E-state index contributed by atoms with van der Waals surface area (Å²) in [5.41, 5.74) is 2.52. The minimum absolute atomic E-state index is 0.250. The molecule has 1 aromatic heterocycles. The van der Waals surface area contributed by atoms with Gasteiger partial charge in [-0.2, -0.15) is 0 Å². The summed E-state index contributed by atoms with van der Waals surface area (Å²) in [6, 6.07) is 17.0. The first-order chi connectivity index (χ1) is 11.7. The van der Waals surface area contributed by atoms with Gasteiger partial charge in [-0.3, -0.25) is 4.79 Å². The quantitative estimate of drug-likeness (QED) is 0.648. The van der Waals surface area contributed by atoms with Crippen molar-refractivity contribution in [2.24, 2.45) is 0 Å². The van der Waals surface area contributed by atoms with Crippen molar-refractivity contribution >= 4 is 5.97 Å². The number of benzene rings is 2. The van der Waals surface area contributed by atoms with Gasteiger partial charge in [-0.15, -0.1) is 0 Å². The molecule has 0 bridgehead atoms. The molecule has 0 aliphatic carbocycles. The maximum Gasteiger partial charge on any atom is 0.309 e. The number of oxazole rings is 1. The number of methoxy groups -OCH3 is 1. The highest BCUT2D eigenvalue weighted by atomic mass is 16.5. The Balaban J connectivity index is 1.58. The van der Waals surface area contributed by atoms with E-state index in [1.807, 2.05) is 54.6 Å². The SMILES string of the molecule is COC(=O)Cc1ccc(OCc2coc(-c3ccccc3)n2)cc1. The first-order valence-electron chi connectivity index (χ1n) is 7.53. The number of ether oxygens (including phenoxy) is 2. The van der Waals surface area contributed by atoms with Crippen molar-refractivity contribution in [1.82, 2.24) is 4.98 Å². The molecule has 3 aromatic rings. The molecule has 1 heterocycles. The number of nitrogens with zero attached hydrogens (tertiary/aromatic N) is 1. The average Bonchev–Trinajstić information content (AvgIpc) is 3.11. The highest BCUT2D eigenvalue weighted by molar-refractivity contribution is 5.72. The largest absolute Gasteiger partial charge is 0.487 e. The van der Waals surface area contributed by atoms with E-state index in [-0.39, 0.29) is 12.4 Å². The van der Waals surface area contributed by atoms with Crippen molar-refractivity contribution in [3.63, 3.8) is 0 Å². The summed E-state index contributed by atoms with van der Waals surface area (Å²) in [5, 5.41) is 0. The highest BCUT2D eigenvalue weighted by Gasteiger charge is 2.07. The first-order valence-corrected chi connectivity index (χ1v) is 7.53. The minimum Gasteiger partial charge on any atom is -0.487 e. The Morgan fingerprint density at radius 3 is 2.54 bits per heavy atom. The van der Waals surface area contributed by atoms with Crippen molar-refractivity contribution in [1.29, 1.82) is 0 Å². The number of hydrogen-bond acceptors (Lipinski definition) is 5. The van der Waals surface area contributed by atoms with Crippen LogP contribution in [0.4, 0.5) is 0 Å². The van der Waals surface area contributed by atoms with E-state index in [0.29, 0.717) is 23.9 Å². The number of carbonyl (C=O) groups is 1. The molecule has 24 heavy (non-hydrogen) atoms. The van der Waals surface area contributed by atoms with Gasteiger partial charge in [-0.1, -0.05) is 30.3 Å². The third-order valence-electron chi connectivity index (χ3n) is 3.46. The Bertz CT molecular complexity index is 794. The Kier molecular flexibility index (Phi) is 4.91. The van der Waals surface area contributed by atoms with E-state index in [1.165, 1.54) is 7.11 Å². The zero-order chi connectivity index (χ0) is 16.8. The van der Waals surface area contributed by atoms with E-state index in [1.54, 1.807) is 6.26 Å². The van der Waals surface area contributed by atoms with Crippen LogP contribution in [0.25, 0.3) is 11.5 Å². The molecule has 122 valence electrons. The summed E-state index contributed by atoms with van der Waals surface area (Å²) < 4.78 is 15.8. The Labute approximate surface area is 139 Å². The fraction of sp³-hybridized carbons (Fsp3) is 0.158. The van der Waals surface area contributed by atoms with Gasteiger partial charge in [0.05, 0.1) is 13.5 Å². The predicted molar refractivity (Wildman–Crippen MR) is 88.4 cm³/mol. The second kappa shape index (κ2) is 7.46. The van der Waals surface area contributed by atoms with E-state index in [2.05, 4.69) is 9.72 Å². The fourth-order valence-electron chi connectivity index (χ4n) is 2.19. The lowest BCUT2D eigenvalue weighted by molar-refractivity contribution is -0.139. The summed E-state index contributed by atoms with van der Waals surface area (Å²) in [7, 11) is 1.38. The van der Waals surface area contributed by atoms with Gasteiger partial charge in [0.2, 0.25) is 5.89 Å². The van der Waals surface area contributed by atoms with Gasteiger partial charge in [0, 0.05) is 5.56 Å². The maximum atomic E-state index is 11.2. The molecule has 0 N–H and O–H groups in total. The average molecular weight is 323 g/mol. The van der Waals surface area contributed by atoms with E-state index < -0.39 is 0 Å². The van der Waals surface area contributed by atoms with Crippen LogP contribution in [0.2, 0.25) is 0 Å². The van der Waals surface area contributed by atoms with Crippen LogP contribution in [0.15, 0.2) is 65.3 Å². The molecule has 0 radical (unpaired) electrons. The van der Waals surface area contributed by atoms with Gasteiger partial charge in [-0.25, -0.2) is 4.98 Å². The Morgan fingerprint density at radius 1 is 1.08 bits per heavy atom. The topological polar surface area (TPSA) is 61.6 Å². The van der Waals surface area contributed by atoms with Crippen LogP contribution in [0.3, 0.4) is 0 Å². The molecule has 3 rings (SSSR count). The number of carbonyl (C=O) groups excluding carboxylic acids is 1. The Morgan fingerprint density at radius 2 is 1.83 bits per heavy atom.